The average molecular weight is 314 g/mol. The van der Waals surface area contributed by atoms with Crippen molar-refractivity contribution >= 4 is 17.5 Å². The first-order valence-corrected chi connectivity index (χ1v) is 7.34. The fourth-order valence-electron chi connectivity index (χ4n) is 2.66. The Morgan fingerprint density at radius 1 is 1.13 bits per heavy atom. The van der Waals surface area contributed by atoms with Gasteiger partial charge in [0, 0.05) is 51.3 Å². The molecule has 0 atom stereocenters. The number of carbonyl (C=O) groups excluding carboxylic acids is 2. The highest BCUT2D eigenvalue weighted by molar-refractivity contribution is 5.93. The number of pyridine rings is 1. The highest BCUT2D eigenvalue weighted by Crippen LogP contribution is 2.17. The van der Waals surface area contributed by atoms with Crippen molar-refractivity contribution in [2.75, 3.05) is 31.1 Å². The first-order valence-electron chi connectivity index (χ1n) is 7.34. The van der Waals surface area contributed by atoms with E-state index in [4.69, 9.17) is 5.73 Å². The molecule has 0 aromatic carbocycles. The van der Waals surface area contributed by atoms with Gasteiger partial charge >= 0.3 is 0 Å². The molecule has 2 N–H and O–H groups in total. The van der Waals surface area contributed by atoms with Crippen molar-refractivity contribution in [3.8, 4) is 0 Å². The Morgan fingerprint density at radius 2 is 1.87 bits per heavy atom. The van der Waals surface area contributed by atoms with Crippen molar-refractivity contribution in [3.63, 3.8) is 0 Å². The first kappa shape index (κ1) is 15.0. The Balaban J connectivity index is 1.67. The van der Waals surface area contributed by atoms with Crippen molar-refractivity contribution in [1.82, 2.24) is 19.7 Å². The van der Waals surface area contributed by atoms with Gasteiger partial charge in [-0.15, -0.1) is 0 Å². The van der Waals surface area contributed by atoms with E-state index in [0.29, 0.717) is 31.9 Å². The molecule has 23 heavy (non-hydrogen) atoms. The summed E-state index contributed by atoms with van der Waals surface area (Å²) < 4.78 is 1.58. The SMILES string of the molecule is Cn1nccc1C(=O)N1CCN(c2ccnc(C(N)=O)c2)CC1. The molecule has 0 unspecified atom stereocenters. The van der Waals surface area contributed by atoms with Crippen LogP contribution in [0.2, 0.25) is 0 Å². The summed E-state index contributed by atoms with van der Waals surface area (Å²) in [5, 5.41) is 4.03. The Kier molecular flexibility index (Phi) is 3.96. The second-order valence-electron chi connectivity index (χ2n) is 5.38. The number of aromatic nitrogens is 3. The van der Waals surface area contributed by atoms with E-state index in [1.54, 1.807) is 36.3 Å². The number of piperazine rings is 1. The van der Waals surface area contributed by atoms with E-state index in [0.717, 1.165) is 5.69 Å². The number of nitrogens with two attached hydrogens (primary N) is 1. The minimum absolute atomic E-state index is 0.0165. The van der Waals surface area contributed by atoms with Crippen LogP contribution in [-0.2, 0) is 7.05 Å². The van der Waals surface area contributed by atoms with E-state index in [9.17, 15) is 9.59 Å². The predicted molar refractivity (Wildman–Crippen MR) is 84.1 cm³/mol. The highest BCUT2D eigenvalue weighted by atomic mass is 16.2. The van der Waals surface area contributed by atoms with Crippen LogP contribution in [0.25, 0.3) is 0 Å². The average Bonchev–Trinajstić information content (AvgIpc) is 3.00. The summed E-state index contributed by atoms with van der Waals surface area (Å²) in [6.45, 7) is 2.59. The van der Waals surface area contributed by atoms with E-state index >= 15 is 0 Å². The maximum Gasteiger partial charge on any atom is 0.272 e. The summed E-state index contributed by atoms with van der Waals surface area (Å²) in [4.78, 5) is 31.5. The number of amides is 2. The number of rotatable bonds is 3. The molecule has 1 saturated heterocycles. The molecule has 1 aliphatic rings. The predicted octanol–water partition coefficient (Wildman–Crippen LogP) is -0.124. The Morgan fingerprint density at radius 3 is 2.48 bits per heavy atom. The van der Waals surface area contributed by atoms with Gasteiger partial charge in [0.15, 0.2) is 0 Å². The molecule has 0 aliphatic carbocycles. The lowest BCUT2D eigenvalue weighted by atomic mass is 10.2. The number of anilines is 1. The monoisotopic (exact) mass is 314 g/mol. The molecule has 2 amide bonds. The quantitative estimate of drug-likeness (QED) is 0.851. The molecule has 8 heteroatoms. The zero-order chi connectivity index (χ0) is 16.4. The van der Waals surface area contributed by atoms with Gasteiger partial charge in [-0.3, -0.25) is 19.3 Å². The van der Waals surface area contributed by atoms with Gasteiger partial charge in [-0.25, -0.2) is 0 Å². The number of nitrogens with zero attached hydrogens (tertiary/aromatic N) is 5. The molecule has 0 bridgehead atoms. The van der Waals surface area contributed by atoms with Crippen LogP contribution in [0.5, 0.6) is 0 Å². The van der Waals surface area contributed by atoms with Crippen molar-refractivity contribution in [3.05, 3.63) is 42.0 Å². The van der Waals surface area contributed by atoms with E-state index in [2.05, 4.69) is 15.0 Å². The lowest BCUT2D eigenvalue weighted by molar-refractivity contribution is 0.0735. The van der Waals surface area contributed by atoms with Gasteiger partial charge in [0.25, 0.3) is 11.8 Å². The minimum atomic E-state index is -0.545. The molecular formula is C15H18N6O2. The van der Waals surface area contributed by atoms with E-state index in [-0.39, 0.29) is 11.6 Å². The first-order chi connectivity index (χ1) is 11.1. The minimum Gasteiger partial charge on any atom is -0.368 e. The molecule has 3 rings (SSSR count). The third-order valence-electron chi connectivity index (χ3n) is 3.97. The largest absolute Gasteiger partial charge is 0.368 e. The molecule has 2 aromatic rings. The molecular weight excluding hydrogens is 296 g/mol. The molecule has 120 valence electrons. The summed E-state index contributed by atoms with van der Waals surface area (Å²) in [7, 11) is 1.76. The van der Waals surface area contributed by atoms with E-state index in [1.807, 2.05) is 11.0 Å². The zero-order valence-corrected chi connectivity index (χ0v) is 12.8. The standard InChI is InChI=1S/C15H18N6O2/c1-19-13(3-5-18-19)15(23)21-8-6-20(7-9-21)11-2-4-17-12(10-11)14(16)22/h2-5,10H,6-9H2,1H3,(H2,16,22). The number of aryl methyl sites for hydroxylation is 1. The van der Waals surface area contributed by atoms with Gasteiger partial charge in [0.2, 0.25) is 0 Å². The van der Waals surface area contributed by atoms with E-state index < -0.39 is 5.91 Å². The van der Waals surface area contributed by atoms with Crippen LogP contribution in [-0.4, -0.2) is 57.7 Å². The summed E-state index contributed by atoms with van der Waals surface area (Å²) in [6, 6.07) is 5.24. The maximum absolute atomic E-state index is 12.4. The van der Waals surface area contributed by atoms with Gasteiger partial charge in [0.1, 0.15) is 11.4 Å². The maximum atomic E-state index is 12.4. The van der Waals surface area contributed by atoms with Crippen molar-refractivity contribution in [2.45, 2.75) is 0 Å². The van der Waals surface area contributed by atoms with Crippen LogP contribution in [0, 0.1) is 0 Å². The third-order valence-corrected chi connectivity index (χ3v) is 3.97. The van der Waals surface area contributed by atoms with Crippen LogP contribution in [0.3, 0.4) is 0 Å². The number of hydrogen-bond donors (Lipinski definition) is 1. The number of hydrogen-bond acceptors (Lipinski definition) is 5. The summed E-state index contributed by atoms with van der Waals surface area (Å²) in [5.74, 6) is -0.561. The number of primary amides is 1. The van der Waals surface area contributed by atoms with E-state index in [1.165, 1.54) is 0 Å². The third kappa shape index (κ3) is 3.01. The smallest absolute Gasteiger partial charge is 0.272 e. The summed E-state index contributed by atoms with van der Waals surface area (Å²) in [6.07, 6.45) is 3.19. The summed E-state index contributed by atoms with van der Waals surface area (Å²) in [5.41, 5.74) is 6.98. The molecule has 2 aromatic heterocycles. The summed E-state index contributed by atoms with van der Waals surface area (Å²) >= 11 is 0. The molecule has 0 saturated carbocycles. The van der Waals surface area contributed by atoms with Gasteiger partial charge in [-0.2, -0.15) is 5.10 Å². The van der Waals surface area contributed by atoms with Crippen molar-refractivity contribution in [1.29, 1.82) is 0 Å². The lowest BCUT2D eigenvalue weighted by Crippen LogP contribution is -2.49. The molecule has 8 nitrogen and oxygen atoms in total. The molecule has 1 aliphatic heterocycles. The lowest BCUT2D eigenvalue weighted by Gasteiger charge is -2.36. The molecule has 0 spiro atoms. The fourth-order valence-corrected chi connectivity index (χ4v) is 2.66. The Labute approximate surface area is 133 Å². The molecule has 0 radical (unpaired) electrons. The molecule has 1 fully saturated rings. The highest BCUT2D eigenvalue weighted by Gasteiger charge is 2.24. The zero-order valence-electron chi connectivity index (χ0n) is 12.8. The van der Waals surface area contributed by atoms with Gasteiger partial charge in [0.05, 0.1) is 0 Å². The Hall–Kier alpha value is -2.90. The normalized spacial score (nSPS) is 14.8. The fraction of sp³-hybridized carbons (Fsp3) is 0.333. The molecule has 3 heterocycles. The number of carbonyl (C=O) groups is 2. The van der Waals surface area contributed by atoms with Gasteiger partial charge in [-0.05, 0) is 18.2 Å². The van der Waals surface area contributed by atoms with Crippen LogP contribution >= 0.6 is 0 Å². The van der Waals surface area contributed by atoms with Crippen LogP contribution in [0.4, 0.5) is 5.69 Å². The van der Waals surface area contributed by atoms with Gasteiger partial charge in [-0.1, -0.05) is 0 Å². The second-order valence-corrected chi connectivity index (χ2v) is 5.38. The topological polar surface area (TPSA) is 97.3 Å². The van der Waals surface area contributed by atoms with Crippen LogP contribution in [0.15, 0.2) is 30.6 Å². The second kappa shape index (κ2) is 6.07. The van der Waals surface area contributed by atoms with Gasteiger partial charge < -0.3 is 15.5 Å². The van der Waals surface area contributed by atoms with Crippen molar-refractivity contribution in [2.24, 2.45) is 12.8 Å². The van der Waals surface area contributed by atoms with Crippen LogP contribution in [0.1, 0.15) is 21.0 Å². The van der Waals surface area contributed by atoms with Crippen LogP contribution < -0.4 is 10.6 Å². The van der Waals surface area contributed by atoms with Crippen molar-refractivity contribution < 1.29 is 9.59 Å². The Bertz CT molecular complexity index is 733.